The Kier molecular flexibility index (Phi) is 13.5. The number of rotatable bonds is 10. The van der Waals surface area contributed by atoms with Crippen LogP contribution in [-0.2, 0) is 16.1 Å². The normalized spacial score (nSPS) is 14.7. The Morgan fingerprint density at radius 3 is 2.55 bits per heavy atom. The van der Waals surface area contributed by atoms with E-state index in [1.807, 2.05) is 11.0 Å². The highest BCUT2D eigenvalue weighted by molar-refractivity contribution is 14.0. The third kappa shape index (κ3) is 10.0. The lowest BCUT2D eigenvalue weighted by molar-refractivity contribution is -0.130. The van der Waals surface area contributed by atoms with Crippen LogP contribution in [0.25, 0.3) is 0 Å². The standard InChI is InChI=1S/C22H37N5O3.HI/c1-5-23-22(24-8-9-26-10-12-27(13-11-26)19(3)28)25-17-20-7-6-18(2)16-21(20)30-15-14-29-4;/h6-7,16H,5,8-15,17H2,1-4H3,(H2,23,24,25);1H. The van der Waals surface area contributed by atoms with Crippen molar-refractivity contribution in [2.45, 2.75) is 27.3 Å². The molecule has 0 radical (unpaired) electrons. The predicted molar refractivity (Wildman–Crippen MR) is 135 cm³/mol. The van der Waals surface area contributed by atoms with Gasteiger partial charge < -0.3 is 25.0 Å². The maximum atomic E-state index is 11.4. The van der Waals surface area contributed by atoms with E-state index in [-0.39, 0.29) is 29.9 Å². The van der Waals surface area contributed by atoms with Crippen LogP contribution in [0.5, 0.6) is 5.75 Å². The Morgan fingerprint density at radius 2 is 1.90 bits per heavy atom. The first-order valence-electron chi connectivity index (χ1n) is 10.7. The number of guanidine groups is 1. The molecule has 2 N–H and O–H groups in total. The minimum absolute atomic E-state index is 0. The largest absolute Gasteiger partial charge is 0.491 e. The first kappa shape index (κ1) is 27.4. The Bertz CT molecular complexity index is 694. The van der Waals surface area contributed by atoms with Crippen LogP contribution in [-0.4, -0.2) is 87.8 Å². The molecule has 1 saturated heterocycles. The first-order chi connectivity index (χ1) is 14.5. The number of nitrogens with one attached hydrogen (secondary N) is 2. The molecular weight excluding hydrogens is 509 g/mol. The zero-order valence-electron chi connectivity index (χ0n) is 19.3. The molecule has 1 aliphatic rings. The van der Waals surface area contributed by atoms with Crippen molar-refractivity contribution in [3.63, 3.8) is 0 Å². The Balaban J connectivity index is 0.00000480. The van der Waals surface area contributed by atoms with Crippen LogP contribution in [0.2, 0.25) is 0 Å². The quantitative estimate of drug-likeness (QED) is 0.202. The summed E-state index contributed by atoms with van der Waals surface area (Å²) in [5.74, 6) is 1.81. The van der Waals surface area contributed by atoms with Crippen LogP contribution in [0, 0.1) is 6.92 Å². The average Bonchev–Trinajstić information content (AvgIpc) is 2.73. The fourth-order valence-corrected chi connectivity index (χ4v) is 3.29. The summed E-state index contributed by atoms with van der Waals surface area (Å²) in [6.45, 7) is 13.3. The minimum Gasteiger partial charge on any atom is -0.491 e. The molecule has 0 atom stereocenters. The molecule has 0 spiro atoms. The van der Waals surface area contributed by atoms with Gasteiger partial charge in [0.05, 0.1) is 13.2 Å². The fraction of sp³-hybridized carbons (Fsp3) is 0.636. The second-order valence-electron chi connectivity index (χ2n) is 7.42. The number of nitrogens with zero attached hydrogens (tertiary/aromatic N) is 3. The van der Waals surface area contributed by atoms with Crippen molar-refractivity contribution in [1.82, 2.24) is 20.4 Å². The van der Waals surface area contributed by atoms with Gasteiger partial charge in [-0.05, 0) is 25.5 Å². The van der Waals surface area contributed by atoms with E-state index in [2.05, 4.69) is 41.5 Å². The van der Waals surface area contributed by atoms with Gasteiger partial charge in [-0.3, -0.25) is 9.69 Å². The highest BCUT2D eigenvalue weighted by Gasteiger charge is 2.17. The molecule has 1 amide bonds. The summed E-state index contributed by atoms with van der Waals surface area (Å²) < 4.78 is 10.9. The molecule has 8 nitrogen and oxygen atoms in total. The molecule has 2 rings (SSSR count). The summed E-state index contributed by atoms with van der Waals surface area (Å²) in [7, 11) is 1.67. The van der Waals surface area contributed by atoms with E-state index in [1.165, 1.54) is 0 Å². The SMILES string of the molecule is CCNC(=NCc1ccc(C)cc1OCCOC)NCCN1CCN(C(C)=O)CC1.I. The number of methoxy groups -OCH3 is 1. The van der Waals surface area contributed by atoms with Crippen LogP contribution in [0.3, 0.4) is 0 Å². The zero-order chi connectivity index (χ0) is 21.8. The molecule has 1 aromatic carbocycles. The lowest BCUT2D eigenvalue weighted by atomic mass is 10.1. The van der Waals surface area contributed by atoms with Crippen LogP contribution in [0.1, 0.15) is 25.0 Å². The van der Waals surface area contributed by atoms with Crippen molar-refractivity contribution in [2.75, 3.05) is 66.1 Å². The summed E-state index contributed by atoms with van der Waals surface area (Å²) in [5.41, 5.74) is 2.21. The van der Waals surface area contributed by atoms with Gasteiger partial charge in [0.1, 0.15) is 12.4 Å². The van der Waals surface area contributed by atoms with E-state index in [1.54, 1.807) is 14.0 Å². The van der Waals surface area contributed by atoms with Gasteiger partial charge in [0.25, 0.3) is 0 Å². The van der Waals surface area contributed by atoms with Crippen molar-refractivity contribution in [3.05, 3.63) is 29.3 Å². The topological polar surface area (TPSA) is 78.4 Å². The Morgan fingerprint density at radius 1 is 1.16 bits per heavy atom. The van der Waals surface area contributed by atoms with E-state index in [0.29, 0.717) is 19.8 Å². The van der Waals surface area contributed by atoms with Crippen molar-refractivity contribution in [3.8, 4) is 5.75 Å². The number of ether oxygens (including phenoxy) is 2. The van der Waals surface area contributed by atoms with E-state index in [4.69, 9.17) is 14.5 Å². The predicted octanol–water partition coefficient (Wildman–Crippen LogP) is 1.86. The molecule has 0 unspecified atom stereocenters. The van der Waals surface area contributed by atoms with Gasteiger partial charge in [-0.1, -0.05) is 12.1 Å². The number of hydrogen-bond donors (Lipinski definition) is 2. The first-order valence-corrected chi connectivity index (χ1v) is 10.7. The van der Waals surface area contributed by atoms with E-state index >= 15 is 0 Å². The highest BCUT2D eigenvalue weighted by atomic mass is 127. The van der Waals surface area contributed by atoms with Crippen molar-refractivity contribution in [2.24, 2.45) is 4.99 Å². The summed E-state index contributed by atoms with van der Waals surface area (Å²) in [6.07, 6.45) is 0. The number of aryl methyl sites for hydroxylation is 1. The molecule has 9 heteroatoms. The second kappa shape index (κ2) is 15.3. The molecule has 0 aliphatic carbocycles. The molecule has 0 aromatic heterocycles. The van der Waals surface area contributed by atoms with Gasteiger partial charge in [-0.15, -0.1) is 24.0 Å². The molecule has 1 aliphatic heterocycles. The third-order valence-electron chi connectivity index (χ3n) is 5.06. The monoisotopic (exact) mass is 547 g/mol. The molecule has 0 saturated carbocycles. The van der Waals surface area contributed by atoms with E-state index in [0.717, 1.165) is 68.6 Å². The lowest BCUT2D eigenvalue weighted by Gasteiger charge is -2.34. The van der Waals surface area contributed by atoms with Gasteiger partial charge in [0.2, 0.25) is 5.91 Å². The highest BCUT2D eigenvalue weighted by Crippen LogP contribution is 2.21. The number of amides is 1. The molecule has 31 heavy (non-hydrogen) atoms. The lowest BCUT2D eigenvalue weighted by Crippen LogP contribution is -2.50. The summed E-state index contributed by atoms with van der Waals surface area (Å²) in [6, 6.07) is 6.19. The molecule has 1 fully saturated rings. The summed E-state index contributed by atoms with van der Waals surface area (Å²) in [5, 5.41) is 6.71. The van der Waals surface area contributed by atoms with Crippen molar-refractivity contribution >= 4 is 35.8 Å². The number of halogens is 1. The maximum Gasteiger partial charge on any atom is 0.219 e. The van der Waals surface area contributed by atoms with Crippen LogP contribution >= 0.6 is 24.0 Å². The number of hydrogen-bond acceptors (Lipinski definition) is 5. The van der Waals surface area contributed by atoms with E-state index < -0.39 is 0 Å². The van der Waals surface area contributed by atoms with Gasteiger partial charge in [-0.2, -0.15) is 0 Å². The van der Waals surface area contributed by atoms with Gasteiger partial charge in [0.15, 0.2) is 5.96 Å². The number of carbonyl (C=O) groups excluding carboxylic acids is 1. The molecule has 1 heterocycles. The average molecular weight is 547 g/mol. The Labute approximate surface area is 203 Å². The molecular formula is C22H38IN5O3. The molecule has 1 aromatic rings. The maximum absolute atomic E-state index is 11.4. The van der Waals surface area contributed by atoms with Crippen molar-refractivity contribution in [1.29, 1.82) is 0 Å². The number of carbonyl (C=O) groups is 1. The van der Waals surface area contributed by atoms with Crippen LogP contribution in [0.4, 0.5) is 0 Å². The van der Waals surface area contributed by atoms with Crippen LogP contribution < -0.4 is 15.4 Å². The minimum atomic E-state index is 0. The zero-order valence-corrected chi connectivity index (χ0v) is 21.6. The number of benzene rings is 1. The third-order valence-corrected chi connectivity index (χ3v) is 5.06. The summed E-state index contributed by atoms with van der Waals surface area (Å²) >= 11 is 0. The van der Waals surface area contributed by atoms with Gasteiger partial charge in [0, 0.05) is 65.4 Å². The smallest absolute Gasteiger partial charge is 0.219 e. The Hall–Kier alpha value is -1.59. The molecule has 0 bridgehead atoms. The van der Waals surface area contributed by atoms with Gasteiger partial charge >= 0.3 is 0 Å². The second-order valence-corrected chi connectivity index (χ2v) is 7.42. The van der Waals surface area contributed by atoms with Crippen molar-refractivity contribution < 1.29 is 14.3 Å². The van der Waals surface area contributed by atoms with Gasteiger partial charge in [-0.25, -0.2) is 4.99 Å². The number of piperazine rings is 1. The van der Waals surface area contributed by atoms with Crippen LogP contribution in [0.15, 0.2) is 23.2 Å². The summed E-state index contributed by atoms with van der Waals surface area (Å²) in [4.78, 5) is 20.5. The molecule has 176 valence electrons. The number of aliphatic imine (C=N–C) groups is 1. The fourth-order valence-electron chi connectivity index (χ4n) is 3.29. The van der Waals surface area contributed by atoms with E-state index in [9.17, 15) is 4.79 Å².